The fourth-order valence-electron chi connectivity index (χ4n) is 5.35. The van der Waals surface area contributed by atoms with Gasteiger partial charge in [0, 0.05) is 56.4 Å². The van der Waals surface area contributed by atoms with Crippen LogP contribution in [-0.4, -0.2) is 66.3 Å². The molecule has 0 bridgehead atoms. The molecule has 2 aliphatic rings. The Morgan fingerprint density at radius 3 is 2.49 bits per heavy atom. The lowest BCUT2D eigenvalue weighted by molar-refractivity contribution is -0.116. The summed E-state index contributed by atoms with van der Waals surface area (Å²) in [4.78, 5) is 45.1. The summed E-state index contributed by atoms with van der Waals surface area (Å²) in [5, 5.41) is 8.95. The third-order valence-corrected chi connectivity index (χ3v) is 7.56. The quantitative estimate of drug-likeness (QED) is 0.219. The molecular formula is C34H44N6O5. The van der Waals surface area contributed by atoms with E-state index in [-0.39, 0.29) is 36.8 Å². The molecule has 2 aliphatic heterocycles. The average Bonchev–Trinajstić information content (AvgIpc) is 3.36. The van der Waals surface area contributed by atoms with E-state index < -0.39 is 0 Å². The SMILES string of the molecule is CC.CCNc1ccc(NC(=O)c2cc(NC(=O)CCCOc3cc4c(cc3OC)C(=O)N3CCCCC3C=N4)cn2C)cc1. The number of amides is 3. The monoisotopic (exact) mass is 616 g/mol. The van der Waals surface area contributed by atoms with E-state index in [2.05, 4.69) is 20.9 Å². The Kier molecular flexibility index (Phi) is 11.6. The van der Waals surface area contributed by atoms with E-state index in [1.165, 1.54) is 7.11 Å². The highest BCUT2D eigenvalue weighted by Gasteiger charge is 2.31. The fourth-order valence-corrected chi connectivity index (χ4v) is 5.35. The van der Waals surface area contributed by atoms with Crippen molar-refractivity contribution in [3.63, 3.8) is 0 Å². The van der Waals surface area contributed by atoms with Crippen molar-refractivity contribution in [3.8, 4) is 11.5 Å². The average molecular weight is 617 g/mol. The van der Waals surface area contributed by atoms with Gasteiger partial charge in [0.15, 0.2) is 11.5 Å². The molecule has 3 amide bonds. The van der Waals surface area contributed by atoms with Crippen LogP contribution >= 0.6 is 0 Å². The van der Waals surface area contributed by atoms with Crippen LogP contribution in [0.15, 0.2) is 53.7 Å². The molecule has 11 heteroatoms. The normalized spacial score (nSPS) is 15.1. The fraction of sp³-hybridized carbons (Fsp3) is 0.412. The molecule has 3 aromatic rings. The number of aromatic nitrogens is 1. The van der Waals surface area contributed by atoms with Crippen LogP contribution in [0.5, 0.6) is 11.5 Å². The minimum absolute atomic E-state index is 0.0121. The van der Waals surface area contributed by atoms with Gasteiger partial charge in [-0.05, 0) is 69.0 Å². The van der Waals surface area contributed by atoms with Gasteiger partial charge in [-0.2, -0.15) is 0 Å². The molecule has 1 aromatic heterocycles. The molecule has 1 unspecified atom stereocenters. The van der Waals surface area contributed by atoms with Gasteiger partial charge in [-0.15, -0.1) is 0 Å². The lowest BCUT2D eigenvalue weighted by atomic mass is 10.0. The first-order chi connectivity index (χ1) is 21.9. The first kappa shape index (κ1) is 33.1. The summed E-state index contributed by atoms with van der Waals surface area (Å²) in [5.41, 5.74) is 3.67. The zero-order valence-corrected chi connectivity index (χ0v) is 26.8. The minimum atomic E-state index is -0.274. The number of nitrogens with zero attached hydrogens (tertiary/aromatic N) is 3. The van der Waals surface area contributed by atoms with Crippen LogP contribution < -0.4 is 25.4 Å². The van der Waals surface area contributed by atoms with Crippen molar-refractivity contribution in [2.24, 2.45) is 12.0 Å². The molecule has 1 atom stereocenters. The highest BCUT2D eigenvalue weighted by Crippen LogP contribution is 2.38. The maximum absolute atomic E-state index is 13.2. The summed E-state index contributed by atoms with van der Waals surface area (Å²) >= 11 is 0. The summed E-state index contributed by atoms with van der Waals surface area (Å²) in [6.07, 6.45) is 7.20. The van der Waals surface area contributed by atoms with Gasteiger partial charge in [0.2, 0.25) is 5.91 Å². The van der Waals surface area contributed by atoms with Gasteiger partial charge in [-0.3, -0.25) is 19.4 Å². The molecule has 0 radical (unpaired) electrons. The van der Waals surface area contributed by atoms with Crippen LogP contribution in [0.4, 0.5) is 22.7 Å². The number of aliphatic imine (C=N–C) groups is 1. The van der Waals surface area contributed by atoms with Crippen LogP contribution in [0.1, 0.15) is 73.7 Å². The number of fused-ring (bicyclic) bond motifs is 2. The molecule has 2 aromatic carbocycles. The van der Waals surface area contributed by atoms with Gasteiger partial charge in [-0.1, -0.05) is 13.8 Å². The van der Waals surface area contributed by atoms with E-state index in [9.17, 15) is 14.4 Å². The van der Waals surface area contributed by atoms with E-state index >= 15 is 0 Å². The maximum atomic E-state index is 13.2. The molecule has 0 spiro atoms. The van der Waals surface area contributed by atoms with Crippen LogP contribution in [0.2, 0.25) is 0 Å². The second-order valence-corrected chi connectivity index (χ2v) is 10.6. The zero-order chi connectivity index (χ0) is 32.3. The molecule has 3 N–H and O–H groups in total. The van der Waals surface area contributed by atoms with E-state index in [0.717, 1.165) is 38.0 Å². The highest BCUT2D eigenvalue weighted by atomic mass is 16.5. The summed E-state index contributed by atoms with van der Waals surface area (Å²) in [6.45, 7) is 7.83. The lowest BCUT2D eigenvalue weighted by Gasteiger charge is -2.32. The Morgan fingerprint density at radius 1 is 1.00 bits per heavy atom. The smallest absolute Gasteiger partial charge is 0.272 e. The number of rotatable bonds is 11. The van der Waals surface area contributed by atoms with E-state index in [1.54, 1.807) is 36.0 Å². The van der Waals surface area contributed by atoms with Crippen molar-refractivity contribution in [1.29, 1.82) is 0 Å². The molecule has 11 nitrogen and oxygen atoms in total. The van der Waals surface area contributed by atoms with Crippen LogP contribution in [0.25, 0.3) is 0 Å². The number of ether oxygens (including phenoxy) is 2. The third-order valence-electron chi connectivity index (χ3n) is 7.56. The van der Waals surface area contributed by atoms with Gasteiger partial charge < -0.3 is 34.9 Å². The van der Waals surface area contributed by atoms with Crippen molar-refractivity contribution >= 4 is 46.7 Å². The van der Waals surface area contributed by atoms with Gasteiger partial charge in [0.1, 0.15) is 5.69 Å². The molecule has 45 heavy (non-hydrogen) atoms. The first-order valence-corrected chi connectivity index (χ1v) is 15.7. The number of benzene rings is 2. The second-order valence-electron chi connectivity index (χ2n) is 10.6. The Hall–Kier alpha value is -4.80. The third kappa shape index (κ3) is 8.23. The number of methoxy groups -OCH3 is 1. The topological polar surface area (TPSA) is 126 Å². The standard InChI is InChI=1S/C32H38N6O5.C2H6/c1-4-33-21-10-12-22(13-11-21)36-31(40)27-16-23(20-37(27)2)35-30(39)9-7-15-43-29-18-26-25(17-28(29)42-3)32(41)38-14-6-5-8-24(38)19-34-26;1-2/h10-13,16-20,24,33H,4-9,14-15H2,1-3H3,(H,35,39)(H,36,40);1-2H3. The van der Waals surface area contributed by atoms with Gasteiger partial charge in [0.05, 0.1) is 36.7 Å². The number of hydrogen-bond acceptors (Lipinski definition) is 7. The molecule has 0 saturated carbocycles. The van der Waals surface area contributed by atoms with Gasteiger partial charge in [-0.25, -0.2) is 0 Å². The summed E-state index contributed by atoms with van der Waals surface area (Å²) in [5.74, 6) is 0.413. The Bertz CT molecular complexity index is 1510. The molecule has 1 fully saturated rings. The molecule has 1 saturated heterocycles. The predicted molar refractivity (Wildman–Crippen MR) is 179 cm³/mol. The predicted octanol–water partition coefficient (Wildman–Crippen LogP) is 6.25. The first-order valence-electron chi connectivity index (χ1n) is 15.7. The van der Waals surface area contributed by atoms with Gasteiger partial charge in [0.25, 0.3) is 11.8 Å². The number of carbonyl (C=O) groups excluding carboxylic acids is 3. The highest BCUT2D eigenvalue weighted by molar-refractivity contribution is 6.05. The molecule has 240 valence electrons. The Balaban J connectivity index is 0.00000226. The van der Waals surface area contributed by atoms with Crippen LogP contribution in [-0.2, 0) is 11.8 Å². The van der Waals surface area contributed by atoms with E-state index in [0.29, 0.717) is 46.2 Å². The Labute approximate surface area is 265 Å². The number of piperidine rings is 1. The number of aryl methyl sites for hydroxylation is 1. The van der Waals surface area contributed by atoms with Crippen molar-refractivity contribution in [2.45, 2.75) is 58.9 Å². The van der Waals surface area contributed by atoms with Crippen LogP contribution in [0.3, 0.4) is 0 Å². The number of nitrogens with one attached hydrogen (secondary N) is 3. The number of anilines is 3. The van der Waals surface area contributed by atoms with Crippen LogP contribution in [0, 0.1) is 0 Å². The Morgan fingerprint density at radius 2 is 1.76 bits per heavy atom. The summed E-state index contributed by atoms with van der Waals surface area (Å²) < 4.78 is 13.1. The summed E-state index contributed by atoms with van der Waals surface area (Å²) in [6, 6.07) is 12.6. The number of hydrogen-bond donors (Lipinski definition) is 3. The van der Waals surface area contributed by atoms with Crippen molar-refractivity contribution in [1.82, 2.24) is 9.47 Å². The molecule has 0 aliphatic carbocycles. The van der Waals surface area contributed by atoms with Crippen molar-refractivity contribution < 1.29 is 23.9 Å². The van der Waals surface area contributed by atoms with Crippen molar-refractivity contribution in [3.05, 3.63) is 59.9 Å². The van der Waals surface area contributed by atoms with Gasteiger partial charge >= 0.3 is 0 Å². The molecule has 5 rings (SSSR count). The molecule has 3 heterocycles. The van der Waals surface area contributed by atoms with E-state index in [1.807, 2.05) is 56.2 Å². The number of carbonyl (C=O) groups is 3. The van der Waals surface area contributed by atoms with Crippen molar-refractivity contribution in [2.75, 3.05) is 42.8 Å². The minimum Gasteiger partial charge on any atom is -0.493 e. The lowest BCUT2D eigenvalue weighted by Crippen LogP contribution is -2.43. The molecular weight excluding hydrogens is 572 g/mol. The summed E-state index contributed by atoms with van der Waals surface area (Å²) in [7, 11) is 3.29. The van der Waals surface area contributed by atoms with E-state index in [4.69, 9.17) is 9.47 Å². The zero-order valence-electron chi connectivity index (χ0n) is 26.8. The maximum Gasteiger partial charge on any atom is 0.272 e. The second kappa shape index (κ2) is 15.8. The largest absolute Gasteiger partial charge is 0.493 e.